The molecule has 0 bridgehead atoms. The van der Waals surface area contributed by atoms with Gasteiger partial charge in [0.15, 0.2) is 0 Å². The quantitative estimate of drug-likeness (QED) is 0.756. The number of rotatable bonds is 4. The van der Waals surface area contributed by atoms with Crippen molar-refractivity contribution < 1.29 is 9.53 Å². The molecule has 98 valence electrons. The van der Waals surface area contributed by atoms with Gasteiger partial charge in [-0.15, -0.1) is 0 Å². The summed E-state index contributed by atoms with van der Waals surface area (Å²) in [5.41, 5.74) is 0. The van der Waals surface area contributed by atoms with Gasteiger partial charge in [0.25, 0.3) is 0 Å². The van der Waals surface area contributed by atoms with Gasteiger partial charge in [0.05, 0.1) is 12.6 Å². The predicted octanol–water partition coefficient (Wildman–Crippen LogP) is 0.559. The molecule has 0 aliphatic carbocycles. The maximum absolute atomic E-state index is 12.2. The number of carbonyl (C=O) groups excluding carboxylic acids is 1. The van der Waals surface area contributed by atoms with E-state index in [1.54, 1.807) is 0 Å². The highest BCUT2D eigenvalue weighted by atomic mass is 16.5. The Labute approximate surface area is 103 Å². The fraction of sp³-hybridized carbons (Fsp3) is 0.917. The van der Waals surface area contributed by atoms with Crippen LogP contribution >= 0.6 is 0 Å². The van der Waals surface area contributed by atoms with E-state index in [9.17, 15) is 4.79 Å². The largest absolute Gasteiger partial charge is 0.379 e. The summed E-state index contributed by atoms with van der Waals surface area (Å²) < 4.78 is 5.28. The second-order valence-electron chi connectivity index (χ2n) is 4.85. The minimum atomic E-state index is 0.0797. The molecule has 0 aromatic rings. The van der Waals surface area contributed by atoms with E-state index in [0.29, 0.717) is 12.6 Å². The van der Waals surface area contributed by atoms with Crippen molar-refractivity contribution in [1.29, 1.82) is 0 Å². The summed E-state index contributed by atoms with van der Waals surface area (Å²) in [7, 11) is 0. The first-order valence-corrected chi connectivity index (χ1v) is 6.67. The van der Waals surface area contributed by atoms with Crippen molar-refractivity contribution in [2.45, 2.75) is 38.3 Å². The van der Waals surface area contributed by atoms with E-state index in [2.05, 4.69) is 17.6 Å². The summed E-state index contributed by atoms with van der Waals surface area (Å²) in [6.45, 7) is 6.32. The Morgan fingerprint density at radius 1 is 1.53 bits per heavy atom. The van der Waals surface area contributed by atoms with Crippen LogP contribution in [-0.2, 0) is 4.74 Å². The third kappa shape index (κ3) is 3.33. The van der Waals surface area contributed by atoms with Gasteiger partial charge in [0.1, 0.15) is 0 Å². The van der Waals surface area contributed by atoms with E-state index in [-0.39, 0.29) is 12.1 Å². The molecule has 0 saturated carbocycles. The number of ether oxygens (including phenoxy) is 1. The fourth-order valence-corrected chi connectivity index (χ4v) is 2.50. The summed E-state index contributed by atoms with van der Waals surface area (Å²) in [5.74, 6) is 0. The molecule has 2 rings (SSSR count). The highest BCUT2D eigenvalue weighted by molar-refractivity contribution is 5.75. The van der Waals surface area contributed by atoms with Crippen molar-refractivity contribution >= 4 is 6.03 Å². The van der Waals surface area contributed by atoms with Gasteiger partial charge in [0, 0.05) is 25.7 Å². The molecule has 0 aromatic heterocycles. The molecule has 0 aromatic carbocycles. The van der Waals surface area contributed by atoms with Crippen LogP contribution in [0.2, 0.25) is 0 Å². The average molecular weight is 241 g/mol. The molecule has 2 fully saturated rings. The number of carbonyl (C=O) groups is 1. The summed E-state index contributed by atoms with van der Waals surface area (Å²) in [6.07, 6.45) is 3.01. The molecule has 5 heteroatoms. The van der Waals surface area contributed by atoms with Crippen molar-refractivity contribution in [3.05, 3.63) is 0 Å². The van der Waals surface area contributed by atoms with Crippen molar-refractivity contribution in [3.63, 3.8) is 0 Å². The molecular weight excluding hydrogens is 218 g/mol. The molecule has 2 aliphatic rings. The maximum Gasteiger partial charge on any atom is 0.317 e. The molecule has 2 saturated heterocycles. The molecule has 2 aliphatic heterocycles. The Kier molecular flexibility index (Phi) is 4.62. The number of hydrogen-bond acceptors (Lipinski definition) is 3. The van der Waals surface area contributed by atoms with Crippen LogP contribution in [0, 0.1) is 0 Å². The number of hydrogen-bond donors (Lipinski definition) is 2. The predicted molar refractivity (Wildman–Crippen MR) is 66.0 cm³/mol. The van der Waals surface area contributed by atoms with Crippen LogP contribution in [-0.4, -0.2) is 55.9 Å². The van der Waals surface area contributed by atoms with Crippen LogP contribution in [0.25, 0.3) is 0 Å². The van der Waals surface area contributed by atoms with Crippen LogP contribution in [0.5, 0.6) is 0 Å². The van der Waals surface area contributed by atoms with E-state index >= 15 is 0 Å². The molecule has 2 N–H and O–H groups in total. The van der Waals surface area contributed by atoms with Gasteiger partial charge >= 0.3 is 6.03 Å². The van der Waals surface area contributed by atoms with Crippen LogP contribution in [0.4, 0.5) is 4.79 Å². The Bertz CT molecular complexity index is 248. The van der Waals surface area contributed by atoms with Crippen LogP contribution in [0.3, 0.4) is 0 Å². The Morgan fingerprint density at radius 2 is 2.41 bits per heavy atom. The Hall–Kier alpha value is -0.810. The molecule has 2 unspecified atom stereocenters. The zero-order valence-corrected chi connectivity index (χ0v) is 10.6. The minimum absolute atomic E-state index is 0.0797. The topological polar surface area (TPSA) is 53.6 Å². The number of amides is 2. The molecule has 2 atom stereocenters. The van der Waals surface area contributed by atoms with Gasteiger partial charge in [-0.05, 0) is 25.8 Å². The van der Waals surface area contributed by atoms with E-state index in [1.807, 2.05) is 4.90 Å². The number of urea groups is 1. The second kappa shape index (κ2) is 6.21. The molecule has 5 nitrogen and oxygen atoms in total. The Morgan fingerprint density at radius 3 is 3.00 bits per heavy atom. The number of nitrogens with zero attached hydrogens (tertiary/aromatic N) is 1. The van der Waals surface area contributed by atoms with Gasteiger partial charge in [0.2, 0.25) is 0 Å². The summed E-state index contributed by atoms with van der Waals surface area (Å²) in [6, 6.07) is 0.643. The molecule has 0 radical (unpaired) electrons. The third-order valence-electron chi connectivity index (χ3n) is 3.46. The van der Waals surface area contributed by atoms with Gasteiger partial charge in [-0.3, -0.25) is 0 Å². The van der Waals surface area contributed by atoms with E-state index in [4.69, 9.17) is 4.74 Å². The summed E-state index contributed by atoms with van der Waals surface area (Å²) in [4.78, 5) is 14.2. The normalized spacial score (nSPS) is 28.3. The molecular formula is C12H23N3O2. The molecule has 2 heterocycles. The molecule has 17 heavy (non-hydrogen) atoms. The molecule has 2 amide bonds. The highest BCUT2D eigenvalue weighted by Gasteiger charge is 2.28. The van der Waals surface area contributed by atoms with Crippen LogP contribution in [0.1, 0.15) is 26.2 Å². The third-order valence-corrected chi connectivity index (χ3v) is 3.46. The SMILES string of the molecule is CCCN(C(=O)NC1CCOC1)C1CCNC1. The lowest BCUT2D eigenvalue weighted by atomic mass is 10.2. The van der Waals surface area contributed by atoms with Crippen LogP contribution in [0.15, 0.2) is 0 Å². The first-order chi connectivity index (χ1) is 8.31. The van der Waals surface area contributed by atoms with Gasteiger partial charge in [-0.1, -0.05) is 6.92 Å². The average Bonchev–Trinajstić information content (AvgIpc) is 2.97. The highest BCUT2D eigenvalue weighted by Crippen LogP contribution is 2.11. The van der Waals surface area contributed by atoms with Crippen molar-refractivity contribution in [2.75, 3.05) is 32.8 Å². The first kappa shape index (κ1) is 12.6. The van der Waals surface area contributed by atoms with E-state index in [1.165, 1.54) is 0 Å². The van der Waals surface area contributed by atoms with E-state index in [0.717, 1.165) is 45.5 Å². The lowest BCUT2D eigenvalue weighted by Gasteiger charge is -2.29. The fourth-order valence-electron chi connectivity index (χ4n) is 2.50. The summed E-state index contributed by atoms with van der Waals surface area (Å²) >= 11 is 0. The standard InChI is InChI=1S/C12H23N3O2/c1-2-6-15(11-3-5-13-8-11)12(16)14-10-4-7-17-9-10/h10-11,13H,2-9H2,1H3,(H,14,16). The lowest BCUT2D eigenvalue weighted by Crippen LogP contribution is -2.50. The zero-order chi connectivity index (χ0) is 12.1. The molecule has 0 spiro atoms. The van der Waals surface area contributed by atoms with E-state index < -0.39 is 0 Å². The maximum atomic E-state index is 12.2. The number of nitrogens with one attached hydrogen (secondary N) is 2. The monoisotopic (exact) mass is 241 g/mol. The minimum Gasteiger partial charge on any atom is -0.379 e. The van der Waals surface area contributed by atoms with Crippen molar-refractivity contribution in [3.8, 4) is 0 Å². The van der Waals surface area contributed by atoms with Gasteiger partial charge < -0.3 is 20.3 Å². The van der Waals surface area contributed by atoms with Crippen LogP contribution < -0.4 is 10.6 Å². The zero-order valence-electron chi connectivity index (χ0n) is 10.6. The van der Waals surface area contributed by atoms with Gasteiger partial charge in [-0.25, -0.2) is 4.79 Å². The second-order valence-corrected chi connectivity index (χ2v) is 4.85. The lowest BCUT2D eigenvalue weighted by molar-refractivity contribution is 0.166. The smallest absolute Gasteiger partial charge is 0.317 e. The van der Waals surface area contributed by atoms with Crippen molar-refractivity contribution in [1.82, 2.24) is 15.5 Å². The van der Waals surface area contributed by atoms with Crippen molar-refractivity contribution in [2.24, 2.45) is 0 Å². The first-order valence-electron chi connectivity index (χ1n) is 6.67. The summed E-state index contributed by atoms with van der Waals surface area (Å²) in [5, 5.41) is 6.39. The Balaban J connectivity index is 1.86. The van der Waals surface area contributed by atoms with Gasteiger partial charge in [-0.2, -0.15) is 0 Å².